The molecule has 1 aromatic carbocycles. The van der Waals surface area contributed by atoms with Crippen LogP contribution in [0.15, 0.2) is 29.6 Å². The maximum absolute atomic E-state index is 12.4. The number of amides is 1. The predicted molar refractivity (Wildman–Crippen MR) is 126 cm³/mol. The van der Waals surface area contributed by atoms with E-state index in [1.54, 1.807) is 6.92 Å². The lowest BCUT2D eigenvalue weighted by Gasteiger charge is -2.10. The fraction of sp³-hybridized carbons (Fsp3) is 0.391. The zero-order valence-corrected chi connectivity index (χ0v) is 19.9. The number of hydrogen-bond acceptors (Lipinski definition) is 8. The number of nitrogens with zero attached hydrogens (tertiary/aromatic N) is 1. The molecule has 2 aromatic heterocycles. The summed E-state index contributed by atoms with van der Waals surface area (Å²) < 4.78 is 11.3. The number of benzene rings is 1. The maximum atomic E-state index is 12.4. The molecule has 0 spiro atoms. The highest BCUT2D eigenvalue weighted by atomic mass is 32.1. The number of fused-ring (bicyclic) bond motifs is 1. The largest absolute Gasteiger partial charge is 0.462 e. The first kappa shape index (κ1) is 23.9. The number of anilines is 1. The van der Waals surface area contributed by atoms with Crippen LogP contribution in [-0.4, -0.2) is 36.0 Å². The Balaban J connectivity index is 1.53. The Hall–Kier alpha value is -2.78. The standard InChI is InChI=1S/C23H26N2O5S2/c1-4-29-23(28)21-15(11-14(2)3)13-31-22(21)25-18(26)12-30-20(27)10-9-19-24-16-7-5-6-8-17(16)32-19/h5-8,13-14H,4,9-12H2,1-3H3,(H,25,26). The molecule has 0 saturated carbocycles. The van der Waals surface area contributed by atoms with Gasteiger partial charge < -0.3 is 14.8 Å². The molecule has 170 valence electrons. The first-order valence-corrected chi connectivity index (χ1v) is 12.1. The summed E-state index contributed by atoms with van der Waals surface area (Å²) in [5, 5.41) is 5.80. The molecule has 0 aliphatic carbocycles. The second-order valence-electron chi connectivity index (χ2n) is 7.57. The molecule has 0 saturated heterocycles. The van der Waals surface area contributed by atoms with Crippen molar-refractivity contribution in [1.29, 1.82) is 0 Å². The third kappa shape index (κ3) is 6.37. The number of carbonyl (C=O) groups excluding carboxylic acids is 3. The van der Waals surface area contributed by atoms with Crippen molar-refractivity contribution in [2.45, 2.75) is 40.0 Å². The predicted octanol–water partition coefficient (Wildman–Crippen LogP) is 4.85. The van der Waals surface area contributed by atoms with E-state index in [1.165, 1.54) is 22.7 Å². The number of carbonyl (C=O) groups is 3. The summed E-state index contributed by atoms with van der Waals surface area (Å²) in [6.45, 7) is 5.67. The molecule has 2 heterocycles. The number of esters is 2. The van der Waals surface area contributed by atoms with Gasteiger partial charge in [0.1, 0.15) is 5.00 Å². The van der Waals surface area contributed by atoms with Crippen LogP contribution in [-0.2, 0) is 31.9 Å². The molecule has 0 atom stereocenters. The highest BCUT2D eigenvalue weighted by molar-refractivity contribution is 7.18. The summed E-state index contributed by atoms with van der Waals surface area (Å²) in [6.07, 6.45) is 1.29. The Morgan fingerprint density at radius 2 is 1.94 bits per heavy atom. The van der Waals surface area contributed by atoms with Crippen molar-refractivity contribution < 1.29 is 23.9 Å². The van der Waals surface area contributed by atoms with E-state index >= 15 is 0 Å². The third-order valence-electron chi connectivity index (χ3n) is 4.47. The molecule has 1 amide bonds. The lowest BCUT2D eigenvalue weighted by Crippen LogP contribution is -2.22. The smallest absolute Gasteiger partial charge is 0.341 e. The summed E-state index contributed by atoms with van der Waals surface area (Å²) in [5.41, 5.74) is 2.12. The molecule has 0 unspecified atom stereocenters. The van der Waals surface area contributed by atoms with E-state index in [0.29, 0.717) is 29.3 Å². The Bertz CT molecular complexity index is 1070. The first-order valence-electron chi connectivity index (χ1n) is 10.4. The molecule has 0 radical (unpaired) electrons. The number of nitrogens with one attached hydrogen (secondary N) is 1. The van der Waals surface area contributed by atoms with Crippen molar-refractivity contribution in [2.75, 3.05) is 18.5 Å². The Labute approximate surface area is 194 Å². The van der Waals surface area contributed by atoms with Crippen LogP contribution < -0.4 is 5.32 Å². The Morgan fingerprint density at radius 3 is 2.66 bits per heavy atom. The van der Waals surface area contributed by atoms with Crippen molar-refractivity contribution in [3.8, 4) is 0 Å². The van der Waals surface area contributed by atoms with Gasteiger partial charge >= 0.3 is 11.9 Å². The van der Waals surface area contributed by atoms with E-state index in [4.69, 9.17) is 9.47 Å². The van der Waals surface area contributed by atoms with Gasteiger partial charge in [-0.25, -0.2) is 9.78 Å². The zero-order chi connectivity index (χ0) is 23.1. The van der Waals surface area contributed by atoms with E-state index in [0.717, 1.165) is 20.8 Å². The molecular weight excluding hydrogens is 448 g/mol. The molecule has 0 bridgehead atoms. The number of rotatable bonds is 10. The highest BCUT2D eigenvalue weighted by Gasteiger charge is 2.22. The van der Waals surface area contributed by atoms with E-state index in [1.807, 2.05) is 29.6 Å². The van der Waals surface area contributed by atoms with Crippen LogP contribution in [0.3, 0.4) is 0 Å². The molecule has 0 aliphatic heterocycles. The molecule has 1 N–H and O–H groups in total. The van der Waals surface area contributed by atoms with Gasteiger partial charge in [0.25, 0.3) is 5.91 Å². The van der Waals surface area contributed by atoms with Crippen LogP contribution in [0.1, 0.15) is 48.1 Å². The van der Waals surface area contributed by atoms with Gasteiger partial charge in [-0.3, -0.25) is 9.59 Å². The maximum Gasteiger partial charge on any atom is 0.341 e. The topological polar surface area (TPSA) is 94.6 Å². The Morgan fingerprint density at radius 1 is 1.16 bits per heavy atom. The van der Waals surface area contributed by atoms with E-state index in [9.17, 15) is 14.4 Å². The lowest BCUT2D eigenvalue weighted by atomic mass is 10.0. The van der Waals surface area contributed by atoms with Crippen molar-refractivity contribution in [2.24, 2.45) is 5.92 Å². The molecule has 9 heteroatoms. The number of thiophene rings is 1. The van der Waals surface area contributed by atoms with Crippen molar-refractivity contribution in [3.63, 3.8) is 0 Å². The summed E-state index contributed by atoms with van der Waals surface area (Å²) in [6, 6.07) is 7.79. The number of aromatic nitrogens is 1. The van der Waals surface area contributed by atoms with E-state index in [2.05, 4.69) is 24.1 Å². The number of hydrogen-bond donors (Lipinski definition) is 1. The zero-order valence-electron chi connectivity index (χ0n) is 18.3. The quantitative estimate of drug-likeness (QED) is 0.422. The molecule has 0 aliphatic rings. The normalized spacial score (nSPS) is 11.0. The Kier molecular flexibility index (Phi) is 8.35. The summed E-state index contributed by atoms with van der Waals surface area (Å²) in [7, 11) is 0. The molecule has 7 nitrogen and oxygen atoms in total. The van der Waals surface area contributed by atoms with Crippen LogP contribution in [0.5, 0.6) is 0 Å². The fourth-order valence-corrected chi connectivity index (χ4v) is 5.07. The van der Waals surface area contributed by atoms with Crippen LogP contribution in [0.4, 0.5) is 5.00 Å². The number of ether oxygens (including phenoxy) is 2. The fourth-order valence-electron chi connectivity index (χ4n) is 3.12. The molecule has 32 heavy (non-hydrogen) atoms. The molecule has 0 fully saturated rings. The lowest BCUT2D eigenvalue weighted by molar-refractivity contribution is -0.147. The monoisotopic (exact) mass is 474 g/mol. The van der Waals surface area contributed by atoms with Gasteiger partial charge in [-0.15, -0.1) is 22.7 Å². The van der Waals surface area contributed by atoms with Gasteiger partial charge in [-0.1, -0.05) is 26.0 Å². The number of aryl methyl sites for hydroxylation is 1. The minimum absolute atomic E-state index is 0.138. The molecule has 3 aromatic rings. The number of para-hydroxylation sites is 1. The molecule has 3 rings (SSSR count). The average molecular weight is 475 g/mol. The van der Waals surface area contributed by atoms with Gasteiger partial charge in [-0.2, -0.15) is 0 Å². The SMILES string of the molecule is CCOC(=O)c1c(CC(C)C)csc1NC(=O)COC(=O)CCc1nc2ccccc2s1. The van der Waals surface area contributed by atoms with Crippen molar-refractivity contribution in [3.05, 3.63) is 45.8 Å². The minimum Gasteiger partial charge on any atom is -0.462 e. The summed E-state index contributed by atoms with van der Waals surface area (Å²) in [4.78, 5) is 41.3. The van der Waals surface area contributed by atoms with Gasteiger partial charge in [0, 0.05) is 6.42 Å². The van der Waals surface area contributed by atoms with E-state index in [-0.39, 0.29) is 13.0 Å². The van der Waals surface area contributed by atoms with Gasteiger partial charge in [0.2, 0.25) is 0 Å². The van der Waals surface area contributed by atoms with Gasteiger partial charge in [-0.05, 0) is 42.3 Å². The van der Waals surface area contributed by atoms with Gasteiger partial charge in [0.15, 0.2) is 6.61 Å². The number of thiazole rings is 1. The van der Waals surface area contributed by atoms with Crippen LogP contribution in [0.25, 0.3) is 10.2 Å². The van der Waals surface area contributed by atoms with E-state index < -0.39 is 24.5 Å². The third-order valence-corrected chi connectivity index (χ3v) is 6.51. The minimum atomic E-state index is -0.498. The van der Waals surface area contributed by atoms with Crippen molar-refractivity contribution in [1.82, 2.24) is 4.98 Å². The van der Waals surface area contributed by atoms with Crippen LogP contribution in [0.2, 0.25) is 0 Å². The summed E-state index contributed by atoms with van der Waals surface area (Å²) >= 11 is 2.80. The average Bonchev–Trinajstić information content (AvgIpc) is 3.34. The second-order valence-corrected chi connectivity index (χ2v) is 9.56. The summed E-state index contributed by atoms with van der Waals surface area (Å²) in [5.74, 6) is -1.09. The van der Waals surface area contributed by atoms with Crippen LogP contribution in [0, 0.1) is 5.92 Å². The van der Waals surface area contributed by atoms with Crippen LogP contribution >= 0.6 is 22.7 Å². The second kappa shape index (κ2) is 11.2. The van der Waals surface area contributed by atoms with Crippen molar-refractivity contribution >= 4 is 55.7 Å². The highest BCUT2D eigenvalue weighted by Crippen LogP contribution is 2.31. The molecular formula is C23H26N2O5S2. The first-order chi connectivity index (χ1) is 15.4. The van der Waals surface area contributed by atoms with Gasteiger partial charge in [0.05, 0.1) is 33.8 Å².